The summed E-state index contributed by atoms with van der Waals surface area (Å²) in [6.45, 7) is 3.46. The average Bonchev–Trinajstić information content (AvgIpc) is 2.13. The normalized spacial score (nSPS) is 13.9. The Morgan fingerprint density at radius 1 is 1.20 bits per heavy atom. The summed E-state index contributed by atoms with van der Waals surface area (Å²) in [5.41, 5.74) is 0.675. The van der Waals surface area contributed by atoms with E-state index in [1.165, 1.54) is 0 Å². The van der Waals surface area contributed by atoms with E-state index in [0.717, 1.165) is 0 Å². The molecule has 0 heterocycles. The van der Waals surface area contributed by atoms with Crippen LogP contribution in [0.15, 0.2) is 30.3 Å². The van der Waals surface area contributed by atoms with Gasteiger partial charge < -0.3 is 5.32 Å². The summed E-state index contributed by atoms with van der Waals surface area (Å²) in [6.07, 6.45) is 0. The summed E-state index contributed by atoms with van der Waals surface area (Å²) < 4.78 is 31.2. The van der Waals surface area contributed by atoms with Gasteiger partial charge in [-0.05, 0) is 18.1 Å². The van der Waals surface area contributed by atoms with Crippen molar-refractivity contribution in [3.63, 3.8) is 0 Å². The highest BCUT2D eigenvalue weighted by molar-refractivity contribution is 7.86. The molecule has 0 spiro atoms. The van der Waals surface area contributed by atoms with Crippen LogP contribution in [0.3, 0.4) is 0 Å². The number of nitrogens with one attached hydrogen (secondary N) is 1. The molecule has 0 aromatic heterocycles. The highest BCUT2D eigenvalue weighted by Gasteiger charge is 2.25. The molecule has 1 aromatic carbocycles. The molecule has 2 N–H and O–H groups in total. The van der Waals surface area contributed by atoms with Crippen molar-refractivity contribution in [3.05, 3.63) is 30.3 Å². The molecule has 0 aliphatic heterocycles. The van der Waals surface area contributed by atoms with Crippen LogP contribution >= 0.6 is 0 Å². The highest BCUT2D eigenvalue weighted by Crippen LogP contribution is 2.15. The molecule has 0 radical (unpaired) electrons. The first-order valence-corrected chi connectivity index (χ1v) is 6.19. The Balaban J connectivity index is 2.87. The lowest BCUT2D eigenvalue weighted by Gasteiger charge is -2.20. The van der Waals surface area contributed by atoms with Crippen molar-refractivity contribution in [2.24, 2.45) is 5.92 Å². The molecule has 4 nitrogen and oxygen atoms in total. The summed E-state index contributed by atoms with van der Waals surface area (Å²) in [7, 11) is -4.07. The van der Waals surface area contributed by atoms with Crippen molar-refractivity contribution in [3.8, 4) is 0 Å². The van der Waals surface area contributed by atoms with Crippen molar-refractivity contribution in [1.82, 2.24) is 0 Å². The second kappa shape index (κ2) is 4.63. The van der Waals surface area contributed by atoms with Crippen LogP contribution in [-0.4, -0.2) is 18.3 Å². The van der Waals surface area contributed by atoms with Gasteiger partial charge in [0.25, 0.3) is 10.1 Å². The van der Waals surface area contributed by atoms with Crippen molar-refractivity contribution in [2.75, 3.05) is 5.32 Å². The molecular weight excluding hydrogens is 214 g/mol. The maximum atomic E-state index is 11.1. The lowest BCUT2D eigenvalue weighted by Crippen LogP contribution is -2.34. The topological polar surface area (TPSA) is 66.4 Å². The molecule has 1 unspecified atom stereocenters. The van der Waals surface area contributed by atoms with Crippen molar-refractivity contribution < 1.29 is 13.0 Å². The molecule has 1 rings (SSSR count). The van der Waals surface area contributed by atoms with Gasteiger partial charge in [0, 0.05) is 5.69 Å². The van der Waals surface area contributed by atoms with Gasteiger partial charge in [-0.2, -0.15) is 8.42 Å². The number of rotatable bonds is 4. The van der Waals surface area contributed by atoms with Crippen molar-refractivity contribution >= 4 is 15.8 Å². The predicted molar refractivity (Wildman–Crippen MR) is 60.2 cm³/mol. The zero-order valence-electron chi connectivity index (χ0n) is 8.71. The second-order valence-electron chi connectivity index (χ2n) is 3.69. The predicted octanol–water partition coefficient (Wildman–Crippen LogP) is 1.97. The van der Waals surface area contributed by atoms with Crippen LogP contribution in [0, 0.1) is 5.92 Å². The zero-order valence-corrected chi connectivity index (χ0v) is 9.53. The Hall–Kier alpha value is -1.07. The molecule has 0 aliphatic carbocycles. The number of benzene rings is 1. The second-order valence-corrected chi connectivity index (χ2v) is 5.23. The summed E-state index contributed by atoms with van der Waals surface area (Å²) in [6, 6.07) is 8.93. The first-order valence-electron chi connectivity index (χ1n) is 4.69. The molecule has 1 aromatic rings. The molecular formula is C10H15NO3S. The Bertz CT molecular complexity index is 400. The zero-order chi connectivity index (χ0) is 11.5. The van der Waals surface area contributed by atoms with Crippen LogP contribution in [0.1, 0.15) is 13.8 Å². The van der Waals surface area contributed by atoms with Crippen molar-refractivity contribution in [2.45, 2.75) is 19.2 Å². The Labute approximate surface area is 90.1 Å². The molecule has 0 saturated heterocycles. The number of hydrogen-bond donors (Lipinski definition) is 2. The first-order chi connectivity index (χ1) is 6.91. The fourth-order valence-electron chi connectivity index (χ4n) is 1.28. The lowest BCUT2D eigenvalue weighted by atomic mass is 10.2. The van der Waals surface area contributed by atoms with Gasteiger partial charge in [-0.15, -0.1) is 0 Å². The molecule has 0 aliphatic rings. The maximum absolute atomic E-state index is 11.1. The van der Waals surface area contributed by atoms with E-state index in [4.69, 9.17) is 4.55 Å². The van der Waals surface area contributed by atoms with E-state index in [9.17, 15) is 8.42 Å². The molecule has 0 fully saturated rings. The Kier molecular flexibility index (Phi) is 3.71. The van der Waals surface area contributed by atoms with Crippen LogP contribution in [0.2, 0.25) is 0 Å². The van der Waals surface area contributed by atoms with E-state index < -0.39 is 15.5 Å². The Morgan fingerprint density at radius 3 is 2.13 bits per heavy atom. The highest BCUT2D eigenvalue weighted by atomic mass is 32.2. The number of para-hydroxylation sites is 1. The third-order valence-electron chi connectivity index (χ3n) is 2.01. The molecule has 1 atom stereocenters. The van der Waals surface area contributed by atoms with Gasteiger partial charge >= 0.3 is 0 Å². The largest absolute Gasteiger partial charge is 0.367 e. The van der Waals surface area contributed by atoms with Gasteiger partial charge in [-0.3, -0.25) is 4.55 Å². The fraction of sp³-hybridized carbons (Fsp3) is 0.400. The van der Waals surface area contributed by atoms with Gasteiger partial charge in [-0.1, -0.05) is 32.0 Å². The van der Waals surface area contributed by atoms with E-state index >= 15 is 0 Å². The minimum atomic E-state index is -4.07. The minimum absolute atomic E-state index is 0.208. The maximum Gasteiger partial charge on any atom is 0.286 e. The minimum Gasteiger partial charge on any atom is -0.367 e. The van der Waals surface area contributed by atoms with Crippen LogP contribution in [0.4, 0.5) is 5.69 Å². The van der Waals surface area contributed by atoms with Crippen LogP contribution in [-0.2, 0) is 10.1 Å². The number of anilines is 1. The van der Waals surface area contributed by atoms with Crippen molar-refractivity contribution in [1.29, 1.82) is 0 Å². The monoisotopic (exact) mass is 229 g/mol. The average molecular weight is 229 g/mol. The van der Waals surface area contributed by atoms with E-state index in [0.29, 0.717) is 5.69 Å². The third-order valence-corrected chi connectivity index (χ3v) is 3.31. The standard InChI is InChI=1S/C10H15NO3S/c1-8(2)10(15(12,13)14)11-9-6-4-3-5-7-9/h3-8,10-11H,1-2H3,(H,12,13,14). The van der Waals surface area contributed by atoms with Crippen LogP contribution < -0.4 is 5.32 Å². The summed E-state index contributed by atoms with van der Waals surface area (Å²) >= 11 is 0. The van der Waals surface area contributed by atoms with Gasteiger partial charge in [-0.25, -0.2) is 0 Å². The molecule has 0 amide bonds. The molecule has 0 bridgehead atoms. The van der Waals surface area contributed by atoms with Crippen LogP contribution in [0.5, 0.6) is 0 Å². The molecule has 5 heteroatoms. The first kappa shape index (κ1) is 12.0. The fourth-order valence-corrected chi connectivity index (χ4v) is 2.26. The lowest BCUT2D eigenvalue weighted by molar-refractivity contribution is 0.452. The third kappa shape index (κ3) is 3.53. The molecule has 0 saturated carbocycles. The van der Waals surface area contributed by atoms with E-state index in [1.54, 1.807) is 38.1 Å². The Morgan fingerprint density at radius 2 is 1.73 bits per heavy atom. The van der Waals surface area contributed by atoms with Gasteiger partial charge in [0.2, 0.25) is 0 Å². The SMILES string of the molecule is CC(C)C(Nc1ccccc1)S(=O)(=O)O. The summed E-state index contributed by atoms with van der Waals surface area (Å²) in [5, 5.41) is 1.81. The van der Waals surface area contributed by atoms with E-state index in [-0.39, 0.29) is 5.92 Å². The number of hydrogen-bond acceptors (Lipinski definition) is 3. The smallest absolute Gasteiger partial charge is 0.286 e. The van der Waals surface area contributed by atoms with Gasteiger partial charge in [0.1, 0.15) is 0 Å². The van der Waals surface area contributed by atoms with E-state index in [1.807, 2.05) is 6.07 Å². The molecule has 84 valence electrons. The van der Waals surface area contributed by atoms with Gasteiger partial charge in [0.15, 0.2) is 5.37 Å². The van der Waals surface area contributed by atoms with Gasteiger partial charge in [0.05, 0.1) is 0 Å². The summed E-state index contributed by atoms with van der Waals surface area (Å²) in [4.78, 5) is 0. The molecule has 15 heavy (non-hydrogen) atoms. The summed E-state index contributed by atoms with van der Waals surface area (Å²) in [5.74, 6) is -0.208. The quantitative estimate of drug-likeness (QED) is 0.775. The van der Waals surface area contributed by atoms with E-state index in [2.05, 4.69) is 5.32 Å². The van der Waals surface area contributed by atoms with Crippen LogP contribution in [0.25, 0.3) is 0 Å².